The summed E-state index contributed by atoms with van der Waals surface area (Å²) in [6.07, 6.45) is 5.44. The summed E-state index contributed by atoms with van der Waals surface area (Å²) in [6, 6.07) is 20.9. The highest BCUT2D eigenvalue weighted by atomic mass is 32.2. The number of rotatable bonds is 10. The van der Waals surface area contributed by atoms with Crippen molar-refractivity contribution in [2.24, 2.45) is 0 Å². The van der Waals surface area contributed by atoms with Gasteiger partial charge in [0.15, 0.2) is 0 Å². The van der Waals surface area contributed by atoms with E-state index in [1.165, 1.54) is 68.2 Å². The lowest BCUT2D eigenvalue weighted by atomic mass is 10.0. The van der Waals surface area contributed by atoms with E-state index < -0.39 is 26.2 Å². The van der Waals surface area contributed by atoms with E-state index in [9.17, 15) is 21.6 Å². The third kappa shape index (κ3) is 7.01. The van der Waals surface area contributed by atoms with E-state index in [1.54, 1.807) is 17.0 Å². The molecule has 2 aromatic heterocycles. The molecule has 1 fully saturated rings. The zero-order chi connectivity index (χ0) is 30.5. The number of amides is 1. The zero-order valence-corrected chi connectivity index (χ0v) is 25.1. The number of carbonyl (C=O) groups is 1. The molecule has 1 saturated heterocycles. The van der Waals surface area contributed by atoms with Crippen LogP contribution in [0.2, 0.25) is 0 Å². The van der Waals surface area contributed by atoms with E-state index >= 15 is 0 Å². The van der Waals surface area contributed by atoms with Crippen LogP contribution >= 0.6 is 0 Å². The Morgan fingerprint density at radius 2 is 1.42 bits per heavy atom. The van der Waals surface area contributed by atoms with Gasteiger partial charge < -0.3 is 14.0 Å². The van der Waals surface area contributed by atoms with Gasteiger partial charge in [0.2, 0.25) is 15.9 Å². The molecule has 0 aliphatic carbocycles. The Hall–Kier alpha value is -4.33. The first kappa shape index (κ1) is 30.1. The van der Waals surface area contributed by atoms with Gasteiger partial charge in [0.05, 0.1) is 0 Å². The second-order valence-corrected chi connectivity index (χ2v) is 13.5. The molecule has 11 nitrogen and oxygen atoms in total. The summed E-state index contributed by atoms with van der Waals surface area (Å²) in [5, 5.41) is 0. The molecule has 2 aromatic carbocycles. The van der Waals surface area contributed by atoms with Crippen molar-refractivity contribution in [1.82, 2.24) is 19.2 Å². The van der Waals surface area contributed by atoms with E-state index in [0.717, 1.165) is 9.99 Å². The SMILES string of the molecule is CN([C@@H](Cc1ccc(OS(=O)(=O)c2cccnc2)cc1)C(=O)N1CCN(c2ccccc2)CC1)S(=O)(=O)c1cccnc1. The molecule has 0 N–H and O–H groups in total. The molecule has 0 unspecified atom stereocenters. The minimum absolute atomic E-state index is 0.0199. The number of para-hydroxylation sites is 1. The van der Waals surface area contributed by atoms with Crippen LogP contribution in [-0.4, -0.2) is 81.2 Å². The Bertz CT molecular complexity index is 1730. The summed E-state index contributed by atoms with van der Waals surface area (Å²) in [7, 11) is -6.75. The molecule has 1 amide bonds. The molecular formula is C30H31N5O6S2. The molecule has 0 radical (unpaired) electrons. The highest BCUT2D eigenvalue weighted by Gasteiger charge is 2.36. The summed E-state index contributed by atoms with van der Waals surface area (Å²) in [4.78, 5) is 25.5. The molecule has 13 heteroatoms. The molecule has 4 aromatic rings. The lowest BCUT2D eigenvalue weighted by Gasteiger charge is -2.39. The molecule has 3 heterocycles. The number of piperazine rings is 1. The van der Waals surface area contributed by atoms with Crippen molar-refractivity contribution in [3.8, 4) is 5.75 Å². The highest BCUT2D eigenvalue weighted by molar-refractivity contribution is 7.89. The van der Waals surface area contributed by atoms with Gasteiger partial charge in [0.1, 0.15) is 21.6 Å². The first-order valence-corrected chi connectivity index (χ1v) is 16.4. The minimum atomic E-state index is -4.09. The summed E-state index contributed by atoms with van der Waals surface area (Å²) in [5.41, 5.74) is 1.69. The third-order valence-electron chi connectivity index (χ3n) is 7.23. The van der Waals surface area contributed by atoms with Gasteiger partial charge in [-0.25, -0.2) is 8.42 Å². The summed E-state index contributed by atoms with van der Waals surface area (Å²) in [6.45, 7) is 2.09. The maximum absolute atomic E-state index is 14.0. The molecule has 224 valence electrons. The zero-order valence-electron chi connectivity index (χ0n) is 23.4. The predicted octanol–water partition coefficient (Wildman–Crippen LogP) is 2.82. The van der Waals surface area contributed by atoms with E-state index in [-0.39, 0.29) is 27.9 Å². The van der Waals surface area contributed by atoms with Crippen molar-refractivity contribution >= 4 is 31.7 Å². The summed E-state index contributed by atoms with van der Waals surface area (Å²) in [5.74, 6) is -0.244. The van der Waals surface area contributed by atoms with Gasteiger partial charge in [-0.05, 0) is 60.5 Å². The van der Waals surface area contributed by atoms with Crippen molar-refractivity contribution in [3.05, 3.63) is 109 Å². The maximum Gasteiger partial charge on any atom is 0.340 e. The number of anilines is 1. The number of hydrogen-bond donors (Lipinski definition) is 0. The maximum atomic E-state index is 14.0. The molecule has 43 heavy (non-hydrogen) atoms. The third-order valence-corrected chi connectivity index (χ3v) is 10.3. The van der Waals surface area contributed by atoms with Crippen molar-refractivity contribution in [2.75, 3.05) is 38.1 Å². The monoisotopic (exact) mass is 621 g/mol. The van der Waals surface area contributed by atoms with Gasteiger partial charge >= 0.3 is 10.1 Å². The van der Waals surface area contributed by atoms with Crippen molar-refractivity contribution in [3.63, 3.8) is 0 Å². The predicted molar refractivity (Wildman–Crippen MR) is 160 cm³/mol. The highest BCUT2D eigenvalue weighted by Crippen LogP contribution is 2.24. The number of aromatic nitrogens is 2. The number of carbonyl (C=O) groups excluding carboxylic acids is 1. The fraction of sp³-hybridized carbons (Fsp3) is 0.233. The molecule has 0 bridgehead atoms. The Morgan fingerprint density at radius 1 is 0.814 bits per heavy atom. The normalized spacial score (nSPS) is 14.8. The average molecular weight is 622 g/mol. The van der Waals surface area contributed by atoms with E-state index in [4.69, 9.17) is 4.18 Å². The second kappa shape index (κ2) is 12.9. The number of sulfonamides is 1. The van der Waals surface area contributed by atoms with Crippen LogP contribution in [0.4, 0.5) is 5.69 Å². The van der Waals surface area contributed by atoms with Crippen LogP contribution in [-0.2, 0) is 31.4 Å². The van der Waals surface area contributed by atoms with Crippen LogP contribution in [0.5, 0.6) is 5.75 Å². The molecule has 1 atom stereocenters. The first-order chi connectivity index (χ1) is 20.6. The Kier molecular flexibility index (Phi) is 9.04. The van der Waals surface area contributed by atoms with Crippen LogP contribution in [0.1, 0.15) is 5.56 Å². The van der Waals surface area contributed by atoms with Crippen molar-refractivity contribution in [2.45, 2.75) is 22.3 Å². The molecular weight excluding hydrogens is 590 g/mol. The first-order valence-electron chi connectivity index (χ1n) is 13.6. The van der Waals surface area contributed by atoms with E-state index in [0.29, 0.717) is 31.7 Å². The van der Waals surface area contributed by atoms with Gasteiger partial charge in [-0.1, -0.05) is 30.3 Å². The largest absolute Gasteiger partial charge is 0.379 e. The summed E-state index contributed by atoms with van der Waals surface area (Å²) < 4.78 is 58.6. The Balaban J connectivity index is 1.36. The number of pyridine rings is 2. The number of hydrogen-bond acceptors (Lipinski definition) is 9. The molecule has 5 rings (SSSR count). The number of likely N-dealkylation sites (N-methyl/N-ethyl adjacent to an activating group) is 1. The quantitative estimate of drug-likeness (QED) is 0.246. The lowest BCUT2D eigenvalue weighted by molar-refractivity contribution is -0.135. The van der Waals surface area contributed by atoms with Crippen LogP contribution in [0.25, 0.3) is 0 Å². The Labute approximate surface area is 251 Å². The fourth-order valence-electron chi connectivity index (χ4n) is 4.81. The fourth-order valence-corrected chi connectivity index (χ4v) is 6.99. The lowest BCUT2D eigenvalue weighted by Crippen LogP contribution is -2.56. The minimum Gasteiger partial charge on any atom is -0.379 e. The molecule has 0 saturated carbocycles. The van der Waals surface area contributed by atoms with Gasteiger partial charge in [0, 0.05) is 63.7 Å². The van der Waals surface area contributed by atoms with Crippen LogP contribution < -0.4 is 9.08 Å². The number of benzene rings is 2. The topological polar surface area (TPSA) is 130 Å². The van der Waals surface area contributed by atoms with Gasteiger partial charge in [-0.2, -0.15) is 12.7 Å². The number of nitrogens with zero attached hydrogens (tertiary/aromatic N) is 5. The van der Waals surface area contributed by atoms with E-state index in [1.807, 2.05) is 30.3 Å². The van der Waals surface area contributed by atoms with Crippen LogP contribution in [0.15, 0.2) is 113 Å². The summed E-state index contributed by atoms with van der Waals surface area (Å²) >= 11 is 0. The smallest absolute Gasteiger partial charge is 0.340 e. The molecule has 1 aliphatic rings. The van der Waals surface area contributed by atoms with E-state index in [2.05, 4.69) is 14.9 Å². The van der Waals surface area contributed by atoms with Crippen LogP contribution in [0.3, 0.4) is 0 Å². The van der Waals surface area contributed by atoms with Crippen molar-refractivity contribution in [1.29, 1.82) is 0 Å². The van der Waals surface area contributed by atoms with Gasteiger partial charge in [0.25, 0.3) is 0 Å². The molecule has 1 aliphatic heterocycles. The van der Waals surface area contributed by atoms with Crippen molar-refractivity contribution < 1.29 is 25.8 Å². The second-order valence-electron chi connectivity index (χ2n) is 9.95. The van der Waals surface area contributed by atoms with Gasteiger partial charge in [-0.3, -0.25) is 14.8 Å². The van der Waals surface area contributed by atoms with Crippen LogP contribution in [0, 0.1) is 0 Å². The average Bonchev–Trinajstić information content (AvgIpc) is 3.05. The standard InChI is InChI=1S/C30H31N5O6S2/c1-33(42(37,38)27-9-5-15-31-22-27)29(30(36)35-19-17-34(18-20-35)25-7-3-2-4-8-25)21-24-11-13-26(14-12-24)41-43(39,40)28-10-6-16-32-23-28/h2-16,22-23,29H,17-21H2,1H3/t29-/m0/s1. The molecule has 0 spiro atoms. The van der Waals surface area contributed by atoms with Gasteiger partial charge in [-0.15, -0.1) is 0 Å². The Morgan fingerprint density at radius 3 is 2.00 bits per heavy atom.